The Bertz CT molecular complexity index is 505. The Balaban J connectivity index is 3.34. The van der Waals surface area contributed by atoms with Gasteiger partial charge in [0.2, 0.25) is 0 Å². The van der Waals surface area contributed by atoms with Gasteiger partial charge < -0.3 is 8.92 Å². The van der Waals surface area contributed by atoms with Crippen LogP contribution in [-0.2, 0) is 18.5 Å². The van der Waals surface area contributed by atoms with Crippen molar-refractivity contribution in [1.29, 1.82) is 0 Å². The van der Waals surface area contributed by atoms with Gasteiger partial charge in [0.15, 0.2) is 13.1 Å². The number of hydrogen-bond acceptors (Lipinski definition) is 5. The van der Waals surface area contributed by atoms with Crippen LogP contribution in [0.4, 0.5) is 5.69 Å². The van der Waals surface area contributed by atoms with Gasteiger partial charge in [0.1, 0.15) is 5.69 Å². The van der Waals surface area contributed by atoms with Crippen LogP contribution < -0.4 is 4.48 Å². The fraction of sp³-hybridized carbons (Fsp3) is 0.529. The molecule has 0 fully saturated rings. The summed E-state index contributed by atoms with van der Waals surface area (Å²) in [6.07, 6.45) is 1.69. The fourth-order valence-electron chi connectivity index (χ4n) is 2.58. The van der Waals surface area contributed by atoms with Crippen molar-refractivity contribution in [2.24, 2.45) is 0 Å². The lowest BCUT2D eigenvalue weighted by molar-refractivity contribution is -0.146. The lowest BCUT2D eigenvalue weighted by Gasteiger charge is -2.46. The average Bonchev–Trinajstić information content (AvgIpc) is 2.46. The number of quaternary nitrogens is 1. The molecule has 0 spiro atoms. The molecule has 5 nitrogen and oxygen atoms in total. The van der Waals surface area contributed by atoms with Crippen LogP contribution in [0.25, 0.3) is 0 Å². The molecule has 1 aromatic rings. The molecule has 0 aliphatic heterocycles. The Morgan fingerprint density at radius 3 is 2.13 bits per heavy atom. The number of benzene rings is 1. The minimum atomic E-state index is -0.397. The first kappa shape index (κ1) is 19.5. The predicted molar refractivity (Wildman–Crippen MR) is 94.0 cm³/mol. The van der Waals surface area contributed by atoms with E-state index in [-0.39, 0.29) is 29.5 Å². The van der Waals surface area contributed by atoms with Gasteiger partial charge in [-0.15, -0.1) is 0 Å². The highest BCUT2D eigenvalue weighted by Crippen LogP contribution is 2.33. The molecule has 1 rings (SSSR count). The minimum Gasteiger partial charge on any atom is -0.462 e. The van der Waals surface area contributed by atoms with Crippen molar-refractivity contribution >= 4 is 29.7 Å². The highest BCUT2D eigenvalue weighted by Gasteiger charge is 2.46. The van der Waals surface area contributed by atoms with Crippen LogP contribution in [0.3, 0.4) is 0 Å². The summed E-state index contributed by atoms with van der Waals surface area (Å²) in [5.41, 5.74) is 0.483. The van der Waals surface area contributed by atoms with Gasteiger partial charge >= 0.3 is 11.9 Å². The molecule has 0 amide bonds. The number of carbonyl (C=O) groups excluding carboxylic acids is 2. The molecule has 23 heavy (non-hydrogen) atoms. The van der Waals surface area contributed by atoms with Gasteiger partial charge in [-0.3, -0.25) is 4.48 Å². The van der Waals surface area contributed by atoms with E-state index in [0.717, 1.165) is 17.7 Å². The smallest absolute Gasteiger partial charge is 0.374 e. The number of para-hydroxylation sites is 1. The number of ether oxygens (including phenoxy) is 1. The third kappa shape index (κ3) is 4.97. The third-order valence-corrected chi connectivity index (χ3v) is 4.17. The van der Waals surface area contributed by atoms with E-state index in [1.807, 2.05) is 51.1 Å². The molecule has 1 aromatic carbocycles. The summed E-state index contributed by atoms with van der Waals surface area (Å²) in [6.45, 7) is 8.24. The van der Waals surface area contributed by atoms with E-state index in [1.165, 1.54) is 0 Å². The number of esters is 1. The van der Waals surface area contributed by atoms with E-state index in [9.17, 15) is 9.59 Å². The first-order valence-electron chi connectivity index (χ1n) is 7.58. The zero-order chi connectivity index (χ0) is 17.5. The molecule has 0 aliphatic rings. The first-order valence-corrected chi connectivity index (χ1v) is 8.73. The number of rotatable bonds is 7. The van der Waals surface area contributed by atoms with E-state index in [2.05, 4.69) is 0 Å². The maximum atomic E-state index is 12.2. The molecule has 0 aliphatic carbocycles. The second-order valence-electron chi connectivity index (χ2n) is 6.22. The highest BCUT2D eigenvalue weighted by atomic mass is 32.2. The molecular weight excluding hydrogens is 314 g/mol. The molecule has 128 valence electrons. The van der Waals surface area contributed by atoms with Crippen LogP contribution in [0.15, 0.2) is 30.3 Å². The normalized spacial score (nSPS) is 14.0. The molecule has 0 saturated carbocycles. The van der Waals surface area contributed by atoms with Crippen molar-refractivity contribution in [3.05, 3.63) is 30.3 Å². The summed E-state index contributed by atoms with van der Waals surface area (Å²) in [5, 5.41) is 0. The Kier molecular flexibility index (Phi) is 7.09. The second-order valence-corrected chi connectivity index (χ2v) is 6.72. The predicted octanol–water partition coefficient (Wildman–Crippen LogP) is 3.18. The van der Waals surface area contributed by atoms with Crippen molar-refractivity contribution in [1.82, 2.24) is 4.48 Å². The van der Waals surface area contributed by atoms with Crippen LogP contribution in [0, 0.1) is 0 Å². The van der Waals surface area contributed by atoms with E-state index in [1.54, 1.807) is 13.2 Å². The van der Waals surface area contributed by atoms with E-state index >= 15 is 0 Å². The second kappa shape index (κ2) is 8.36. The summed E-state index contributed by atoms with van der Waals surface area (Å²) >= 11 is 1.01. The van der Waals surface area contributed by atoms with Gasteiger partial charge in [-0.05, 0) is 39.8 Å². The number of hydrogen-bond donors (Lipinski definition) is 0. The van der Waals surface area contributed by atoms with Crippen LogP contribution in [0.1, 0.15) is 27.7 Å². The average molecular weight is 340 g/mol. The summed E-state index contributed by atoms with van der Waals surface area (Å²) in [5.74, 6) is -0.691. The third-order valence-electron chi connectivity index (χ3n) is 3.81. The molecule has 0 radical (unpaired) electrons. The number of carbonyl (C=O) groups is 2. The standard InChI is InChI=1S/C17H26NO4S/c1-6-21-15(19)12-18(17(2,3)4,13-16(20)22-23-5)14-10-8-7-9-11-14/h7-11H,6,12-13H2,1-5H3/q+1. The van der Waals surface area contributed by atoms with Gasteiger partial charge in [-0.1, -0.05) is 18.2 Å². The lowest BCUT2D eigenvalue weighted by Crippen LogP contribution is -2.66. The van der Waals surface area contributed by atoms with Crippen LogP contribution in [0.5, 0.6) is 0 Å². The largest absolute Gasteiger partial charge is 0.462 e. The summed E-state index contributed by atoms with van der Waals surface area (Å²) in [6, 6.07) is 9.57. The SMILES string of the molecule is CCOC(=O)C[N+](CC(=O)OSC)(c1ccccc1)C(C)(C)C. The summed E-state index contributed by atoms with van der Waals surface area (Å²) in [7, 11) is 0. The Morgan fingerprint density at radius 1 is 1.09 bits per heavy atom. The quantitative estimate of drug-likeness (QED) is 0.433. The van der Waals surface area contributed by atoms with Crippen molar-refractivity contribution < 1.29 is 18.5 Å². The van der Waals surface area contributed by atoms with E-state index in [0.29, 0.717) is 6.61 Å². The molecule has 1 atom stereocenters. The van der Waals surface area contributed by atoms with Gasteiger partial charge in [0, 0.05) is 6.26 Å². The van der Waals surface area contributed by atoms with Gasteiger partial charge in [0.25, 0.3) is 0 Å². The number of nitrogens with zero attached hydrogens (tertiary/aromatic N) is 1. The van der Waals surface area contributed by atoms with E-state index < -0.39 is 5.54 Å². The Labute approximate surface area is 142 Å². The molecule has 0 saturated heterocycles. The monoisotopic (exact) mass is 340 g/mol. The molecule has 6 heteroatoms. The van der Waals surface area contributed by atoms with E-state index in [4.69, 9.17) is 8.92 Å². The lowest BCUT2D eigenvalue weighted by atomic mass is 9.98. The molecular formula is C17H26NO4S+. The Hall–Kier alpha value is -1.53. The first-order chi connectivity index (χ1) is 10.8. The maximum Gasteiger partial charge on any atom is 0.374 e. The summed E-state index contributed by atoms with van der Waals surface area (Å²) < 4.78 is 10.4. The maximum absolute atomic E-state index is 12.2. The van der Waals surface area contributed by atoms with Crippen LogP contribution >= 0.6 is 12.0 Å². The molecule has 0 bridgehead atoms. The zero-order valence-corrected chi connectivity index (χ0v) is 15.3. The molecule has 1 unspecified atom stereocenters. The molecule has 0 N–H and O–H groups in total. The zero-order valence-electron chi connectivity index (χ0n) is 14.5. The molecule has 0 aromatic heterocycles. The fourth-order valence-corrected chi connectivity index (χ4v) is 2.82. The highest BCUT2D eigenvalue weighted by molar-refractivity contribution is 7.94. The van der Waals surface area contributed by atoms with Crippen LogP contribution in [0.2, 0.25) is 0 Å². The molecule has 0 heterocycles. The van der Waals surface area contributed by atoms with Gasteiger partial charge in [0.05, 0.1) is 24.2 Å². The van der Waals surface area contributed by atoms with Gasteiger partial charge in [-0.25, -0.2) is 9.59 Å². The Morgan fingerprint density at radius 2 is 1.65 bits per heavy atom. The topological polar surface area (TPSA) is 52.6 Å². The summed E-state index contributed by atoms with van der Waals surface area (Å²) in [4.78, 5) is 24.4. The van der Waals surface area contributed by atoms with Crippen molar-refractivity contribution in [2.75, 3.05) is 26.0 Å². The van der Waals surface area contributed by atoms with Gasteiger partial charge in [-0.2, -0.15) is 0 Å². The van der Waals surface area contributed by atoms with Crippen molar-refractivity contribution in [3.8, 4) is 0 Å². The van der Waals surface area contributed by atoms with Crippen LogP contribution in [-0.4, -0.2) is 43.4 Å². The van der Waals surface area contributed by atoms with Crippen molar-refractivity contribution in [3.63, 3.8) is 0 Å². The van der Waals surface area contributed by atoms with Crippen molar-refractivity contribution in [2.45, 2.75) is 33.2 Å². The minimum absolute atomic E-state index is 0.0627.